The fourth-order valence-corrected chi connectivity index (χ4v) is 9.06. The van der Waals surface area contributed by atoms with Gasteiger partial charge in [0.25, 0.3) is 0 Å². The van der Waals surface area contributed by atoms with Crippen LogP contribution in [0, 0.1) is 0 Å². The summed E-state index contributed by atoms with van der Waals surface area (Å²) in [7, 11) is 2.44. The van der Waals surface area contributed by atoms with Crippen molar-refractivity contribution in [2.24, 2.45) is 0 Å². The lowest BCUT2D eigenvalue weighted by Crippen LogP contribution is -2.74. The molecule has 0 saturated carbocycles. The molecule has 0 radical (unpaired) electrons. The van der Waals surface area contributed by atoms with Gasteiger partial charge in [0.15, 0.2) is 8.07 Å². The van der Waals surface area contributed by atoms with Crippen molar-refractivity contribution < 1.29 is 14.2 Å². The molecule has 0 aromatic heterocycles. The highest BCUT2D eigenvalue weighted by molar-refractivity contribution is 7.19. The minimum Gasteiger partial charge on any atom is -0.497 e. The second-order valence-electron chi connectivity index (χ2n) is 7.76. The molecule has 3 nitrogen and oxygen atoms in total. The Morgan fingerprint density at radius 1 is 0.485 bits per heavy atom. The molecular weight excluding hydrogens is 424 g/mol. The molecule has 4 heteroatoms. The summed E-state index contributed by atoms with van der Waals surface area (Å²) in [4.78, 5) is 0. The highest BCUT2D eigenvalue weighted by Gasteiger charge is 2.41. The SMILES string of the molecule is C=Cc1ccc([Si](c2ccc(OC)cc2)(c2ccc(OC)cc2)c2ccc(OC)cc2)cc1. The first-order chi connectivity index (χ1) is 16.1. The third-order valence-electron chi connectivity index (χ3n) is 6.15. The molecule has 166 valence electrons. The zero-order valence-corrected chi connectivity index (χ0v) is 20.2. The molecule has 33 heavy (non-hydrogen) atoms. The van der Waals surface area contributed by atoms with E-state index in [4.69, 9.17) is 14.2 Å². The molecule has 0 amide bonds. The van der Waals surface area contributed by atoms with Crippen LogP contribution in [0.2, 0.25) is 0 Å². The lowest BCUT2D eigenvalue weighted by atomic mass is 10.2. The number of ether oxygens (including phenoxy) is 3. The summed E-state index contributed by atoms with van der Waals surface area (Å²) in [6.07, 6.45) is 1.88. The van der Waals surface area contributed by atoms with Crippen molar-refractivity contribution in [1.82, 2.24) is 0 Å². The first-order valence-electron chi connectivity index (χ1n) is 10.8. The van der Waals surface area contributed by atoms with Gasteiger partial charge in [0.1, 0.15) is 17.2 Å². The fraction of sp³-hybridized carbons (Fsp3) is 0.103. The Morgan fingerprint density at radius 2 is 0.758 bits per heavy atom. The van der Waals surface area contributed by atoms with Crippen LogP contribution >= 0.6 is 0 Å². The molecule has 0 aliphatic rings. The van der Waals surface area contributed by atoms with Crippen molar-refractivity contribution in [3.63, 3.8) is 0 Å². The van der Waals surface area contributed by atoms with Crippen LogP contribution in [0.1, 0.15) is 5.56 Å². The van der Waals surface area contributed by atoms with E-state index in [1.54, 1.807) is 21.3 Å². The molecular formula is C29H28O3Si. The normalized spacial score (nSPS) is 11.0. The Balaban J connectivity index is 2.06. The van der Waals surface area contributed by atoms with Crippen molar-refractivity contribution in [1.29, 1.82) is 0 Å². The van der Waals surface area contributed by atoms with Crippen molar-refractivity contribution in [3.05, 3.63) is 109 Å². The lowest BCUT2D eigenvalue weighted by molar-refractivity contribution is 0.415. The predicted octanol–water partition coefficient (Wildman–Crippen LogP) is 3.73. The third-order valence-corrected chi connectivity index (χ3v) is 10.9. The van der Waals surface area contributed by atoms with Gasteiger partial charge in [0.2, 0.25) is 0 Å². The van der Waals surface area contributed by atoms with E-state index in [1.165, 1.54) is 20.7 Å². The summed E-state index contributed by atoms with van der Waals surface area (Å²) in [5.74, 6) is 2.52. The maximum atomic E-state index is 5.46. The molecule has 0 spiro atoms. The summed E-state index contributed by atoms with van der Waals surface area (Å²) in [6, 6.07) is 34.2. The molecule has 0 atom stereocenters. The molecule has 0 saturated heterocycles. The van der Waals surface area contributed by atoms with E-state index < -0.39 is 8.07 Å². The summed E-state index contributed by atoms with van der Waals surface area (Å²) >= 11 is 0. The third kappa shape index (κ3) is 4.17. The molecule has 0 fully saturated rings. The monoisotopic (exact) mass is 452 g/mol. The Hall–Kier alpha value is -3.76. The minimum atomic E-state index is -2.64. The fourth-order valence-electron chi connectivity index (χ4n) is 4.39. The molecule has 4 aromatic carbocycles. The number of benzene rings is 4. The standard InChI is InChI=1S/C29H28O3Si/c1-5-22-6-14-26(15-7-22)33(27-16-8-23(30-2)9-17-27,28-18-10-24(31-3)11-19-28)29-20-12-25(32-4)13-21-29/h5-21H,1H2,2-4H3. The minimum absolute atomic E-state index is 0.841. The summed E-state index contributed by atoms with van der Waals surface area (Å²) in [5, 5.41) is 5.09. The van der Waals surface area contributed by atoms with Gasteiger partial charge in [-0.15, -0.1) is 0 Å². The molecule has 4 rings (SSSR count). The van der Waals surface area contributed by atoms with Gasteiger partial charge in [-0.05, 0) is 62.7 Å². The quantitative estimate of drug-likeness (QED) is 0.301. The lowest BCUT2D eigenvalue weighted by Gasteiger charge is -2.34. The molecule has 4 aromatic rings. The van der Waals surface area contributed by atoms with E-state index in [1.807, 2.05) is 42.5 Å². The average Bonchev–Trinajstić information content (AvgIpc) is 2.90. The Kier molecular flexibility index (Phi) is 6.66. The number of methoxy groups -OCH3 is 3. The molecule has 0 unspecified atom stereocenters. The molecule has 0 bridgehead atoms. The molecule has 0 aliphatic carbocycles. The number of rotatable bonds is 8. The van der Waals surface area contributed by atoms with Crippen LogP contribution in [-0.4, -0.2) is 29.4 Å². The zero-order valence-electron chi connectivity index (χ0n) is 19.2. The largest absolute Gasteiger partial charge is 0.497 e. The number of hydrogen-bond acceptors (Lipinski definition) is 3. The van der Waals surface area contributed by atoms with Crippen LogP contribution in [0.5, 0.6) is 17.2 Å². The van der Waals surface area contributed by atoms with Gasteiger partial charge in [0.05, 0.1) is 21.3 Å². The van der Waals surface area contributed by atoms with Crippen LogP contribution < -0.4 is 35.0 Å². The van der Waals surface area contributed by atoms with Gasteiger partial charge in [-0.3, -0.25) is 0 Å². The van der Waals surface area contributed by atoms with Crippen molar-refractivity contribution >= 4 is 34.9 Å². The van der Waals surface area contributed by atoms with Gasteiger partial charge < -0.3 is 14.2 Å². The van der Waals surface area contributed by atoms with Gasteiger partial charge in [-0.2, -0.15) is 0 Å². The Bertz CT molecular complexity index is 1080. The van der Waals surface area contributed by atoms with E-state index in [0.717, 1.165) is 22.8 Å². The smallest absolute Gasteiger partial charge is 0.179 e. The average molecular weight is 453 g/mol. The van der Waals surface area contributed by atoms with Gasteiger partial charge in [-0.1, -0.05) is 73.3 Å². The molecule has 0 aliphatic heterocycles. The van der Waals surface area contributed by atoms with E-state index >= 15 is 0 Å². The summed E-state index contributed by atoms with van der Waals surface area (Å²) in [6.45, 7) is 3.92. The molecule has 0 heterocycles. The predicted molar refractivity (Wildman–Crippen MR) is 140 cm³/mol. The maximum absolute atomic E-state index is 5.46. The van der Waals surface area contributed by atoms with Crippen LogP contribution in [-0.2, 0) is 0 Å². The zero-order chi connectivity index (χ0) is 23.3. The van der Waals surface area contributed by atoms with Gasteiger partial charge in [0, 0.05) is 0 Å². The summed E-state index contributed by atoms with van der Waals surface area (Å²) in [5.41, 5.74) is 1.10. The topological polar surface area (TPSA) is 27.7 Å². The van der Waals surface area contributed by atoms with Crippen LogP contribution in [0.3, 0.4) is 0 Å². The van der Waals surface area contributed by atoms with Gasteiger partial charge >= 0.3 is 0 Å². The molecule has 0 N–H and O–H groups in total. The Labute approximate surface area is 196 Å². The second-order valence-corrected chi connectivity index (χ2v) is 11.6. The van der Waals surface area contributed by atoms with Crippen molar-refractivity contribution in [3.8, 4) is 17.2 Å². The van der Waals surface area contributed by atoms with Crippen LogP contribution in [0.25, 0.3) is 6.08 Å². The van der Waals surface area contributed by atoms with Crippen molar-refractivity contribution in [2.45, 2.75) is 0 Å². The Morgan fingerprint density at radius 3 is 1.00 bits per heavy atom. The highest BCUT2D eigenvalue weighted by Crippen LogP contribution is 2.17. The van der Waals surface area contributed by atoms with E-state index in [0.29, 0.717) is 0 Å². The van der Waals surface area contributed by atoms with Crippen LogP contribution in [0.4, 0.5) is 0 Å². The van der Waals surface area contributed by atoms with Crippen LogP contribution in [0.15, 0.2) is 104 Å². The second kappa shape index (κ2) is 9.80. The van der Waals surface area contributed by atoms with Crippen molar-refractivity contribution in [2.75, 3.05) is 21.3 Å². The van der Waals surface area contributed by atoms with E-state index in [-0.39, 0.29) is 0 Å². The first kappa shape index (κ1) is 22.4. The first-order valence-corrected chi connectivity index (χ1v) is 12.8. The van der Waals surface area contributed by atoms with E-state index in [2.05, 4.69) is 67.2 Å². The highest BCUT2D eigenvalue weighted by atomic mass is 28.3. The maximum Gasteiger partial charge on any atom is 0.179 e. The van der Waals surface area contributed by atoms with E-state index in [9.17, 15) is 0 Å². The summed E-state index contributed by atoms with van der Waals surface area (Å²) < 4.78 is 16.4. The van der Waals surface area contributed by atoms with Gasteiger partial charge in [-0.25, -0.2) is 0 Å². The number of hydrogen-bond donors (Lipinski definition) is 0.